The number of ether oxygens (including phenoxy) is 1. The second kappa shape index (κ2) is 7.88. The number of nitrogens with one attached hydrogen (secondary N) is 1. The maximum atomic E-state index is 12.2. The number of methoxy groups -OCH3 is 1. The van der Waals surface area contributed by atoms with E-state index in [-0.39, 0.29) is 17.5 Å². The van der Waals surface area contributed by atoms with E-state index in [1.165, 1.54) is 11.3 Å². The zero-order valence-corrected chi connectivity index (χ0v) is 16.2. The van der Waals surface area contributed by atoms with Crippen molar-refractivity contribution in [2.24, 2.45) is 0 Å². The molecule has 0 bridgehead atoms. The number of halogens is 1. The Kier molecular flexibility index (Phi) is 5.58. The van der Waals surface area contributed by atoms with Gasteiger partial charge in [0.1, 0.15) is 5.75 Å². The molecule has 26 heavy (non-hydrogen) atoms. The Balaban J connectivity index is 1.65. The lowest BCUT2D eigenvalue weighted by molar-refractivity contribution is -0.116. The number of aromatic nitrogens is 2. The van der Waals surface area contributed by atoms with Gasteiger partial charge in [-0.3, -0.25) is 4.79 Å². The fourth-order valence-corrected chi connectivity index (χ4v) is 3.64. The number of aryl methyl sites for hydroxylation is 2. The van der Waals surface area contributed by atoms with Crippen LogP contribution < -0.4 is 10.1 Å². The molecule has 6 nitrogen and oxygen atoms in total. The molecule has 0 aliphatic carbocycles. The molecule has 0 radical (unpaired) electrons. The number of carbonyl (C=O) groups is 1. The monoisotopic (exact) mass is 391 g/mol. The third-order valence-electron chi connectivity index (χ3n) is 3.95. The second-order valence-corrected chi connectivity index (χ2v) is 7.27. The van der Waals surface area contributed by atoms with Crippen LogP contribution in [0.15, 0.2) is 28.8 Å². The van der Waals surface area contributed by atoms with Crippen molar-refractivity contribution in [2.75, 3.05) is 12.4 Å². The van der Waals surface area contributed by atoms with Crippen LogP contribution >= 0.6 is 22.9 Å². The molecule has 1 N–H and O–H groups in total. The zero-order chi connectivity index (χ0) is 18.7. The van der Waals surface area contributed by atoms with Crippen molar-refractivity contribution in [2.45, 2.75) is 26.7 Å². The Morgan fingerprint density at radius 1 is 1.31 bits per heavy atom. The lowest BCUT2D eigenvalue weighted by Gasteiger charge is -2.02. The molecule has 1 amide bonds. The first-order valence-electron chi connectivity index (χ1n) is 8.00. The minimum absolute atomic E-state index is 0.128. The first-order valence-corrected chi connectivity index (χ1v) is 9.19. The molecule has 1 aromatic carbocycles. The van der Waals surface area contributed by atoms with Gasteiger partial charge in [0.05, 0.1) is 18.5 Å². The number of amides is 1. The molecular weight excluding hydrogens is 374 g/mol. The van der Waals surface area contributed by atoms with Crippen LogP contribution in [0.3, 0.4) is 0 Å². The smallest absolute Gasteiger partial charge is 0.229 e. The maximum absolute atomic E-state index is 12.2. The molecule has 0 aliphatic rings. The molecule has 0 saturated heterocycles. The van der Waals surface area contributed by atoms with E-state index in [2.05, 4.69) is 15.5 Å². The van der Waals surface area contributed by atoms with E-state index in [1.54, 1.807) is 14.0 Å². The largest absolute Gasteiger partial charge is 0.497 e. The van der Waals surface area contributed by atoms with Crippen molar-refractivity contribution in [1.82, 2.24) is 10.1 Å². The molecule has 0 atom stereocenters. The third kappa shape index (κ3) is 4.05. The number of nitrogens with zero attached hydrogens (tertiary/aromatic N) is 2. The summed E-state index contributed by atoms with van der Waals surface area (Å²) in [6, 6.07) is 7.67. The maximum Gasteiger partial charge on any atom is 0.229 e. The van der Waals surface area contributed by atoms with Gasteiger partial charge in [0.25, 0.3) is 0 Å². The van der Waals surface area contributed by atoms with Crippen molar-refractivity contribution in [3.8, 4) is 17.0 Å². The van der Waals surface area contributed by atoms with Gasteiger partial charge in [0, 0.05) is 22.4 Å². The van der Waals surface area contributed by atoms with Crippen LogP contribution in [0, 0.1) is 13.8 Å². The summed E-state index contributed by atoms with van der Waals surface area (Å²) in [5, 5.41) is 7.44. The SMILES string of the molecule is COc1ccc(-c2nc(NC(=O)CCc3c(C)noc3Cl)sc2C)cc1. The van der Waals surface area contributed by atoms with Crippen LogP contribution in [0.2, 0.25) is 5.22 Å². The quantitative estimate of drug-likeness (QED) is 0.661. The summed E-state index contributed by atoms with van der Waals surface area (Å²) >= 11 is 7.37. The fourth-order valence-electron chi connectivity index (χ4n) is 2.53. The minimum Gasteiger partial charge on any atom is -0.497 e. The second-order valence-electron chi connectivity index (χ2n) is 5.72. The van der Waals surface area contributed by atoms with Crippen molar-refractivity contribution in [1.29, 1.82) is 0 Å². The van der Waals surface area contributed by atoms with Crippen LogP contribution in [0.4, 0.5) is 5.13 Å². The first-order chi connectivity index (χ1) is 12.5. The van der Waals surface area contributed by atoms with Gasteiger partial charge >= 0.3 is 0 Å². The molecule has 136 valence electrons. The van der Waals surface area contributed by atoms with Crippen molar-refractivity contribution < 1.29 is 14.1 Å². The number of rotatable bonds is 6. The highest BCUT2D eigenvalue weighted by atomic mass is 35.5. The average molecular weight is 392 g/mol. The standard InChI is InChI=1S/C18H18ClN3O3S/c1-10-14(17(19)25-22-10)8-9-15(23)20-18-21-16(11(2)26-18)12-4-6-13(24-3)7-5-12/h4-7H,8-9H2,1-3H3,(H,20,21,23). The molecule has 2 heterocycles. The number of carbonyl (C=O) groups excluding carboxylic acids is 1. The molecule has 0 fully saturated rings. The number of thiazole rings is 1. The summed E-state index contributed by atoms with van der Waals surface area (Å²) in [5.74, 6) is 0.662. The summed E-state index contributed by atoms with van der Waals surface area (Å²) in [6.07, 6.45) is 0.744. The molecule has 0 aliphatic heterocycles. The van der Waals surface area contributed by atoms with E-state index in [0.717, 1.165) is 27.4 Å². The van der Waals surface area contributed by atoms with Gasteiger partial charge in [-0.1, -0.05) is 5.16 Å². The van der Waals surface area contributed by atoms with Gasteiger partial charge in [-0.05, 0) is 56.1 Å². The summed E-state index contributed by atoms with van der Waals surface area (Å²) in [5.41, 5.74) is 3.29. The van der Waals surface area contributed by atoms with Crippen molar-refractivity contribution >= 4 is 34.0 Å². The van der Waals surface area contributed by atoms with Gasteiger partial charge in [0.2, 0.25) is 11.1 Å². The average Bonchev–Trinajstić information content (AvgIpc) is 3.15. The number of hydrogen-bond acceptors (Lipinski definition) is 6. The molecular formula is C18H18ClN3O3S. The Labute approximate surface area is 160 Å². The van der Waals surface area contributed by atoms with Gasteiger partial charge in [-0.2, -0.15) is 0 Å². The molecule has 8 heteroatoms. The topological polar surface area (TPSA) is 77.2 Å². The van der Waals surface area contributed by atoms with E-state index in [9.17, 15) is 4.79 Å². The Morgan fingerprint density at radius 3 is 2.65 bits per heavy atom. The van der Waals surface area contributed by atoms with E-state index < -0.39 is 0 Å². The Bertz CT molecular complexity index is 899. The van der Waals surface area contributed by atoms with E-state index in [1.807, 2.05) is 31.2 Å². The number of hydrogen-bond donors (Lipinski definition) is 1. The third-order valence-corrected chi connectivity index (χ3v) is 5.13. The van der Waals surface area contributed by atoms with Gasteiger partial charge in [-0.15, -0.1) is 11.3 Å². The van der Waals surface area contributed by atoms with Crippen LogP contribution in [0.1, 0.15) is 22.6 Å². The van der Waals surface area contributed by atoms with Gasteiger partial charge in [0.15, 0.2) is 5.13 Å². The number of benzene rings is 1. The number of anilines is 1. The lowest BCUT2D eigenvalue weighted by Crippen LogP contribution is -2.12. The van der Waals surface area contributed by atoms with Crippen LogP contribution in [0.25, 0.3) is 11.3 Å². The lowest BCUT2D eigenvalue weighted by atomic mass is 10.1. The predicted molar refractivity (Wildman–Crippen MR) is 102 cm³/mol. The molecule has 3 rings (SSSR count). The molecule has 0 spiro atoms. The van der Waals surface area contributed by atoms with E-state index >= 15 is 0 Å². The summed E-state index contributed by atoms with van der Waals surface area (Å²) in [7, 11) is 1.63. The Morgan fingerprint density at radius 2 is 2.04 bits per heavy atom. The first kappa shape index (κ1) is 18.4. The predicted octanol–water partition coefficient (Wildman–Crippen LogP) is 4.65. The highest BCUT2D eigenvalue weighted by molar-refractivity contribution is 7.16. The van der Waals surface area contributed by atoms with Crippen LogP contribution in [0.5, 0.6) is 5.75 Å². The molecule has 0 unspecified atom stereocenters. The normalized spacial score (nSPS) is 10.8. The molecule has 0 saturated carbocycles. The highest BCUT2D eigenvalue weighted by Crippen LogP contribution is 2.31. The van der Waals surface area contributed by atoms with Crippen molar-refractivity contribution in [3.05, 3.63) is 45.6 Å². The molecule has 2 aromatic heterocycles. The Hall–Kier alpha value is -2.38. The highest BCUT2D eigenvalue weighted by Gasteiger charge is 2.15. The van der Waals surface area contributed by atoms with Crippen LogP contribution in [-0.2, 0) is 11.2 Å². The van der Waals surface area contributed by atoms with Crippen molar-refractivity contribution in [3.63, 3.8) is 0 Å². The van der Waals surface area contributed by atoms with E-state index in [4.69, 9.17) is 20.9 Å². The minimum atomic E-state index is -0.128. The molecule has 3 aromatic rings. The van der Waals surface area contributed by atoms with Gasteiger partial charge < -0.3 is 14.6 Å². The summed E-state index contributed by atoms with van der Waals surface area (Å²) in [6.45, 7) is 3.78. The summed E-state index contributed by atoms with van der Waals surface area (Å²) < 4.78 is 10.1. The van der Waals surface area contributed by atoms with Crippen LogP contribution in [-0.4, -0.2) is 23.2 Å². The van der Waals surface area contributed by atoms with Gasteiger partial charge in [-0.25, -0.2) is 4.98 Å². The van der Waals surface area contributed by atoms with E-state index in [0.29, 0.717) is 17.2 Å². The summed E-state index contributed by atoms with van der Waals surface area (Å²) in [4.78, 5) is 17.8. The fraction of sp³-hybridized carbons (Fsp3) is 0.278. The zero-order valence-electron chi connectivity index (χ0n) is 14.6.